The molecule has 1 amide bonds. The van der Waals surface area contributed by atoms with Crippen LogP contribution in [-0.4, -0.2) is 25.1 Å². The number of nitrogens with one attached hydrogen (secondary N) is 1. The van der Waals surface area contributed by atoms with Crippen LogP contribution in [0.25, 0.3) is 0 Å². The number of hydrogen-bond acceptors (Lipinski definition) is 4. The van der Waals surface area contributed by atoms with E-state index < -0.39 is 23.8 Å². The van der Waals surface area contributed by atoms with Crippen molar-refractivity contribution in [2.24, 2.45) is 0 Å². The lowest BCUT2D eigenvalue weighted by atomic mass is 10.2. The van der Waals surface area contributed by atoms with Gasteiger partial charge in [0.2, 0.25) is 0 Å². The van der Waals surface area contributed by atoms with E-state index in [1.54, 1.807) is 18.2 Å². The van der Waals surface area contributed by atoms with E-state index in [1.807, 2.05) is 0 Å². The Balaban J connectivity index is 1.98. The topological polar surface area (TPSA) is 64.6 Å². The fourth-order valence-electron chi connectivity index (χ4n) is 1.83. The predicted molar refractivity (Wildman–Crippen MR) is 90.6 cm³/mol. The van der Waals surface area contributed by atoms with E-state index in [0.29, 0.717) is 10.2 Å². The summed E-state index contributed by atoms with van der Waals surface area (Å²) in [5, 5.41) is 2.38. The Bertz CT molecular complexity index is 749. The van der Waals surface area contributed by atoms with Crippen LogP contribution in [0.2, 0.25) is 0 Å². The van der Waals surface area contributed by atoms with Crippen molar-refractivity contribution in [1.29, 1.82) is 0 Å². The van der Waals surface area contributed by atoms with Crippen molar-refractivity contribution >= 4 is 33.5 Å². The lowest BCUT2D eigenvalue weighted by molar-refractivity contribution is -0.123. The van der Waals surface area contributed by atoms with E-state index in [2.05, 4.69) is 21.2 Å². The normalized spacial score (nSPS) is 11.5. The van der Waals surface area contributed by atoms with Gasteiger partial charge in [0, 0.05) is 4.47 Å². The first-order valence-electron chi connectivity index (χ1n) is 7.01. The van der Waals surface area contributed by atoms with Gasteiger partial charge in [-0.15, -0.1) is 0 Å². The largest absolute Gasteiger partial charge is 0.497 e. The third kappa shape index (κ3) is 4.55. The predicted octanol–water partition coefficient (Wildman–Crippen LogP) is 3.78. The molecule has 2 rings (SSSR count). The van der Waals surface area contributed by atoms with Gasteiger partial charge in [0.15, 0.2) is 6.10 Å². The highest BCUT2D eigenvalue weighted by Crippen LogP contribution is 2.20. The summed E-state index contributed by atoms with van der Waals surface area (Å²) in [6.45, 7) is 1.41. The SMILES string of the molecule is COc1ccc(C(=O)OC(C)C(=O)Nc2ccc(Br)cc2F)cc1. The lowest BCUT2D eigenvalue weighted by Gasteiger charge is -2.14. The van der Waals surface area contributed by atoms with Gasteiger partial charge in [0.05, 0.1) is 18.4 Å². The maximum atomic E-state index is 13.7. The van der Waals surface area contributed by atoms with Gasteiger partial charge in [-0.3, -0.25) is 4.79 Å². The van der Waals surface area contributed by atoms with Crippen LogP contribution >= 0.6 is 15.9 Å². The van der Waals surface area contributed by atoms with Gasteiger partial charge in [0.1, 0.15) is 11.6 Å². The van der Waals surface area contributed by atoms with E-state index in [4.69, 9.17) is 9.47 Å². The molecule has 1 N–H and O–H groups in total. The monoisotopic (exact) mass is 395 g/mol. The zero-order valence-corrected chi connectivity index (χ0v) is 14.6. The first-order chi connectivity index (χ1) is 11.4. The van der Waals surface area contributed by atoms with Gasteiger partial charge in [0.25, 0.3) is 5.91 Å². The minimum absolute atomic E-state index is 0.00977. The van der Waals surface area contributed by atoms with Crippen LogP contribution in [-0.2, 0) is 9.53 Å². The Morgan fingerprint density at radius 3 is 2.42 bits per heavy atom. The van der Waals surface area contributed by atoms with Crippen molar-refractivity contribution in [3.05, 3.63) is 58.3 Å². The molecule has 126 valence electrons. The van der Waals surface area contributed by atoms with Gasteiger partial charge in [-0.2, -0.15) is 0 Å². The van der Waals surface area contributed by atoms with Crippen molar-refractivity contribution in [3.8, 4) is 5.75 Å². The van der Waals surface area contributed by atoms with Gasteiger partial charge in [-0.1, -0.05) is 15.9 Å². The average molecular weight is 396 g/mol. The Morgan fingerprint density at radius 1 is 1.17 bits per heavy atom. The van der Waals surface area contributed by atoms with Gasteiger partial charge >= 0.3 is 5.97 Å². The maximum Gasteiger partial charge on any atom is 0.338 e. The van der Waals surface area contributed by atoms with Crippen molar-refractivity contribution in [2.45, 2.75) is 13.0 Å². The molecule has 0 bridgehead atoms. The molecule has 0 aliphatic heterocycles. The number of methoxy groups -OCH3 is 1. The first-order valence-corrected chi connectivity index (χ1v) is 7.81. The van der Waals surface area contributed by atoms with Crippen LogP contribution in [0.1, 0.15) is 17.3 Å². The zero-order valence-electron chi connectivity index (χ0n) is 13.0. The second-order valence-corrected chi connectivity index (χ2v) is 5.81. The molecular formula is C17H15BrFNO4. The van der Waals surface area contributed by atoms with E-state index in [0.717, 1.165) is 0 Å². The number of benzene rings is 2. The highest BCUT2D eigenvalue weighted by molar-refractivity contribution is 9.10. The molecule has 5 nitrogen and oxygen atoms in total. The molecule has 24 heavy (non-hydrogen) atoms. The van der Waals surface area contributed by atoms with Gasteiger partial charge in [-0.05, 0) is 49.4 Å². The number of amides is 1. The highest BCUT2D eigenvalue weighted by Gasteiger charge is 2.20. The van der Waals surface area contributed by atoms with Crippen molar-refractivity contribution in [2.75, 3.05) is 12.4 Å². The molecule has 0 spiro atoms. The van der Waals surface area contributed by atoms with E-state index in [-0.39, 0.29) is 11.3 Å². The molecule has 7 heteroatoms. The summed E-state index contributed by atoms with van der Waals surface area (Å²) in [6.07, 6.45) is -1.08. The third-order valence-corrected chi connectivity index (χ3v) is 3.66. The summed E-state index contributed by atoms with van der Waals surface area (Å²) in [5.41, 5.74) is 0.292. The standard InChI is InChI=1S/C17H15BrFNO4/c1-10(16(21)20-15-8-5-12(18)9-14(15)19)24-17(22)11-3-6-13(23-2)7-4-11/h3-10H,1-2H3,(H,20,21). The van der Waals surface area contributed by atoms with Gasteiger partial charge < -0.3 is 14.8 Å². The second-order valence-electron chi connectivity index (χ2n) is 4.89. The van der Waals surface area contributed by atoms with Crippen molar-refractivity contribution < 1.29 is 23.5 Å². The molecule has 0 radical (unpaired) electrons. The molecule has 0 aliphatic carbocycles. The van der Waals surface area contributed by atoms with Crippen LogP contribution in [0.4, 0.5) is 10.1 Å². The molecule has 0 fully saturated rings. The van der Waals surface area contributed by atoms with Crippen LogP contribution < -0.4 is 10.1 Å². The van der Waals surface area contributed by atoms with Crippen molar-refractivity contribution in [3.63, 3.8) is 0 Å². The Labute approximate surface area is 146 Å². The molecular weight excluding hydrogens is 381 g/mol. The number of esters is 1. The number of carbonyl (C=O) groups is 2. The summed E-state index contributed by atoms with van der Waals surface area (Å²) in [5.74, 6) is -1.27. The van der Waals surface area contributed by atoms with E-state index in [9.17, 15) is 14.0 Å². The number of anilines is 1. The van der Waals surface area contributed by atoms with Crippen molar-refractivity contribution in [1.82, 2.24) is 0 Å². The van der Waals surface area contributed by atoms with Crippen LogP contribution in [0, 0.1) is 5.82 Å². The molecule has 0 saturated heterocycles. The van der Waals surface area contributed by atoms with E-state index in [1.165, 1.54) is 38.3 Å². The number of halogens is 2. The fraction of sp³-hybridized carbons (Fsp3) is 0.176. The summed E-state index contributed by atoms with van der Waals surface area (Å²) in [4.78, 5) is 24.0. The average Bonchev–Trinajstić information content (AvgIpc) is 2.57. The van der Waals surface area contributed by atoms with Crippen LogP contribution in [0.5, 0.6) is 5.75 Å². The van der Waals surface area contributed by atoms with Crippen LogP contribution in [0.3, 0.4) is 0 Å². The quantitative estimate of drug-likeness (QED) is 0.782. The highest BCUT2D eigenvalue weighted by atomic mass is 79.9. The van der Waals surface area contributed by atoms with E-state index >= 15 is 0 Å². The third-order valence-electron chi connectivity index (χ3n) is 3.17. The fourth-order valence-corrected chi connectivity index (χ4v) is 2.17. The molecule has 2 aromatic rings. The number of rotatable bonds is 5. The minimum Gasteiger partial charge on any atom is -0.497 e. The van der Waals surface area contributed by atoms with Crippen LogP contribution in [0.15, 0.2) is 46.9 Å². The second kappa shape index (κ2) is 7.92. The number of ether oxygens (including phenoxy) is 2. The maximum absolute atomic E-state index is 13.7. The Hall–Kier alpha value is -2.41. The summed E-state index contributed by atoms with van der Waals surface area (Å²) < 4.78 is 24.3. The number of carbonyl (C=O) groups excluding carboxylic acids is 2. The summed E-state index contributed by atoms with van der Waals surface area (Å²) in [6, 6.07) is 10.5. The zero-order chi connectivity index (χ0) is 17.7. The molecule has 0 aromatic heterocycles. The smallest absolute Gasteiger partial charge is 0.338 e. The Kier molecular flexibility index (Phi) is 5.92. The van der Waals surface area contributed by atoms with Gasteiger partial charge in [-0.25, -0.2) is 9.18 Å². The molecule has 1 atom stereocenters. The first kappa shape index (κ1) is 17.9. The molecule has 0 saturated carbocycles. The summed E-state index contributed by atoms with van der Waals surface area (Å²) >= 11 is 3.13. The Morgan fingerprint density at radius 2 is 1.83 bits per heavy atom. The summed E-state index contributed by atoms with van der Waals surface area (Å²) in [7, 11) is 1.51. The molecule has 2 aromatic carbocycles. The molecule has 0 aliphatic rings. The minimum atomic E-state index is -1.08. The number of hydrogen-bond donors (Lipinski definition) is 1. The molecule has 0 heterocycles. The lowest BCUT2D eigenvalue weighted by Crippen LogP contribution is -2.30. The molecule has 1 unspecified atom stereocenters.